The number of carbonyl (C=O) groups excluding carboxylic acids is 1. The van der Waals surface area contributed by atoms with Crippen molar-refractivity contribution in [3.05, 3.63) is 59.2 Å². The van der Waals surface area contributed by atoms with Crippen LogP contribution in [-0.2, 0) is 4.74 Å². The van der Waals surface area contributed by atoms with Gasteiger partial charge in [-0.25, -0.2) is 4.79 Å². The maximum atomic E-state index is 12.1. The van der Waals surface area contributed by atoms with Gasteiger partial charge in [0.1, 0.15) is 6.61 Å². The molecule has 0 amide bonds. The van der Waals surface area contributed by atoms with Gasteiger partial charge in [-0.2, -0.15) is 0 Å². The number of hydrogen-bond donors (Lipinski definition) is 2. The van der Waals surface area contributed by atoms with Crippen LogP contribution in [0.3, 0.4) is 0 Å². The average Bonchev–Trinajstić information content (AvgIpc) is 2.50. The van der Waals surface area contributed by atoms with Crippen LogP contribution in [-0.4, -0.2) is 23.8 Å². The standard InChI is InChI=1S/C18H21NO3/c1-12-7-6-10-16(14(12)3)19-17-9-5-4-8-15(17)18(21)22-11-13(2)20/h4-10,13,19-20H,11H2,1-3H3. The topological polar surface area (TPSA) is 58.6 Å². The summed E-state index contributed by atoms with van der Waals surface area (Å²) in [7, 11) is 0. The number of esters is 1. The van der Waals surface area contributed by atoms with E-state index in [1.807, 2.05) is 44.2 Å². The monoisotopic (exact) mass is 299 g/mol. The van der Waals surface area contributed by atoms with E-state index in [1.54, 1.807) is 19.1 Å². The molecule has 4 heteroatoms. The summed E-state index contributed by atoms with van der Waals surface area (Å²) < 4.78 is 5.09. The molecule has 2 N–H and O–H groups in total. The molecule has 2 aromatic carbocycles. The van der Waals surface area contributed by atoms with Crippen molar-refractivity contribution in [2.24, 2.45) is 0 Å². The van der Waals surface area contributed by atoms with Crippen LogP contribution < -0.4 is 5.32 Å². The molecule has 1 unspecified atom stereocenters. The van der Waals surface area contributed by atoms with Gasteiger partial charge in [0.05, 0.1) is 17.4 Å². The Morgan fingerprint density at radius 2 is 1.82 bits per heavy atom. The highest BCUT2D eigenvalue weighted by molar-refractivity contribution is 5.96. The van der Waals surface area contributed by atoms with Crippen molar-refractivity contribution in [2.45, 2.75) is 26.9 Å². The van der Waals surface area contributed by atoms with Crippen molar-refractivity contribution in [2.75, 3.05) is 11.9 Å². The lowest BCUT2D eigenvalue weighted by atomic mass is 10.1. The molecule has 0 bridgehead atoms. The molecule has 2 aromatic rings. The molecule has 4 nitrogen and oxygen atoms in total. The van der Waals surface area contributed by atoms with Gasteiger partial charge in [-0.3, -0.25) is 0 Å². The van der Waals surface area contributed by atoms with E-state index in [4.69, 9.17) is 4.74 Å². The molecule has 1 atom stereocenters. The fraction of sp³-hybridized carbons (Fsp3) is 0.278. The fourth-order valence-electron chi connectivity index (χ4n) is 2.08. The smallest absolute Gasteiger partial charge is 0.340 e. The van der Waals surface area contributed by atoms with Crippen LogP contribution >= 0.6 is 0 Å². The quantitative estimate of drug-likeness (QED) is 0.828. The van der Waals surface area contributed by atoms with Crippen molar-refractivity contribution >= 4 is 17.3 Å². The lowest BCUT2D eigenvalue weighted by Gasteiger charge is -2.15. The highest BCUT2D eigenvalue weighted by Gasteiger charge is 2.14. The molecule has 0 aliphatic carbocycles. The van der Waals surface area contributed by atoms with E-state index < -0.39 is 12.1 Å². The molecule has 22 heavy (non-hydrogen) atoms. The van der Waals surface area contributed by atoms with E-state index in [1.165, 1.54) is 5.56 Å². The summed E-state index contributed by atoms with van der Waals surface area (Å²) >= 11 is 0. The van der Waals surface area contributed by atoms with Crippen LogP contribution in [0.15, 0.2) is 42.5 Å². The Bertz CT molecular complexity index is 665. The zero-order chi connectivity index (χ0) is 16.1. The van der Waals surface area contributed by atoms with Crippen molar-refractivity contribution in [3.8, 4) is 0 Å². The lowest BCUT2D eigenvalue weighted by Crippen LogP contribution is -2.16. The first-order valence-corrected chi connectivity index (χ1v) is 7.26. The third-order valence-electron chi connectivity index (χ3n) is 3.48. The average molecular weight is 299 g/mol. The number of aliphatic hydroxyl groups is 1. The van der Waals surface area contributed by atoms with Crippen LogP contribution in [0.25, 0.3) is 0 Å². The molecule has 0 saturated heterocycles. The highest BCUT2D eigenvalue weighted by Crippen LogP contribution is 2.25. The molecule has 2 rings (SSSR count). The van der Waals surface area contributed by atoms with Crippen LogP contribution in [0.4, 0.5) is 11.4 Å². The van der Waals surface area contributed by atoms with E-state index >= 15 is 0 Å². The van der Waals surface area contributed by atoms with E-state index in [2.05, 4.69) is 5.32 Å². The van der Waals surface area contributed by atoms with Crippen LogP contribution in [0, 0.1) is 13.8 Å². The highest BCUT2D eigenvalue weighted by atomic mass is 16.5. The Morgan fingerprint density at radius 1 is 1.14 bits per heavy atom. The SMILES string of the molecule is Cc1cccc(Nc2ccccc2C(=O)OCC(C)O)c1C. The number of carbonyl (C=O) groups is 1. The van der Waals surface area contributed by atoms with Gasteiger partial charge in [-0.05, 0) is 50.1 Å². The van der Waals surface area contributed by atoms with E-state index in [0.717, 1.165) is 11.3 Å². The summed E-state index contributed by atoms with van der Waals surface area (Å²) in [6, 6.07) is 13.2. The summed E-state index contributed by atoms with van der Waals surface area (Å²) in [5.74, 6) is -0.450. The molecule has 0 aliphatic heterocycles. The number of nitrogens with one attached hydrogen (secondary N) is 1. The number of aryl methyl sites for hydroxylation is 1. The number of anilines is 2. The third-order valence-corrected chi connectivity index (χ3v) is 3.48. The van der Waals surface area contributed by atoms with Crippen molar-refractivity contribution in [1.29, 1.82) is 0 Å². The first kappa shape index (κ1) is 16.0. The second-order valence-corrected chi connectivity index (χ2v) is 5.37. The minimum absolute atomic E-state index is 0.0172. The number of rotatable bonds is 5. The minimum atomic E-state index is -0.678. The predicted octanol–water partition coefficient (Wildman–Crippen LogP) is 3.58. The van der Waals surface area contributed by atoms with Gasteiger partial charge >= 0.3 is 5.97 Å². The number of para-hydroxylation sites is 1. The lowest BCUT2D eigenvalue weighted by molar-refractivity contribution is 0.0297. The Balaban J connectivity index is 2.25. The predicted molar refractivity (Wildman–Crippen MR) is 87.6 cm³/mol. The summed E-state index contributed by atoms with van der Waals surface area (Å²) in [6.45, 7) is 5.64. The Hall–Kier alpha value is -2.33. The maximum absolute atomic E-state index is 12.1. The van der Waals surface area contributed by atoms with Gasteiger partial charge in [0.15, 0.2) is 0 Å². The normalized spacial score (nSPS) is 11.8. The first-order chi connectivity index (χ1) is 10.5. The Labute approximate surface area is 130 Å². The van der Waals surface area contributed by atoms with Gasteiger partial charge < -0.3 is 15.2 Å². The molecule has 0 fully saturated rings. The Kier molecular flexibility index (Phi) is 5.17. The number of hydrogen-bond acceptors (Lipinski definition) is 4. The molecule has 116 valence electrons. The van der Waals surface area contributed by atoms with Crippen LogP contribution in [0.2, 0.25) is 0 Å². The maximum Gasteiger partial charge on any atom is 0.340 e. The van der Waals surface area contributed by atoms with Crippen LogP contribution in [0.1, 0.15) is 28.4 Å². The van der Waals surface area contributed by atoms with E-state index in [0.29, 0.717) is 11.3 Å². The van der Waals surface area contributed by atoms with Crippen molar-refractivity contribution < 1.29 is 14.6 Å². The molecule has 0 radical (unpaired) electrons. The summed E-state index contributed by atoms with van der Waals surface area (Å²) in [5, 5.41) is 12.5. The minimum Gasteiger partial charge on any atom is -0.459 e. The van der Waals surface area contributed by atoms with Gasteiger partial charge in [0.25, 0.3) is 0 Å². The van der Waals surface area contributed by atoms with Crippen molar-refractivity contribution in [1.82, 2.24) is 0 Å². The third kappa shape index (κ3) is 3.86. The number of benzene rings is 2. The van der Waals surface area contributed by atoms with Gasteiger partial charge in [-0.15, -0.1) is 0 Å². The molecule has 0 aromatic heterocycles. The van der Waals surface area contributed by atoms with Gasteiger partial charge in [-0.1, -0.05) is 24.3 Å². The zero-order valence-corrected chi connectivity index (χ0v) is 13.1. The molecule has 0 spiro atoms. The number of aliphatic hydroxyl groups excluding tert-OH is 1. The van der Waals surface area contributed by atoms with Crippen LogP contribution in [0.5, 0.6) is 0 Å². The number of ether oxygens (including phenoxy) is 1. The van der Waals surface area contributed by atoms with Gasteiger partial charge in [0, 0.05) is 5.69 Å². The largest absolute Gasteiger partial charge is 0.459 e. The molecule has 0 aliphatic rings. The first-order valence-electron chi connectivity index (χ1n) is 7.26. The van der Waals surface area contributed by atoms with Gasteiger partial charge in [0.2, 0.25) is 0 Å². The molecular formula is C18H21NO3. The fourth-order valence-corrected chi connectivity index (χ4v) is 2.08. The summed E-state index contributed by atoms with van der Waals surface area (Å²) in [4.78, 5) is 12.1. The Morgan fingerprint density at radius 3 is 2.55 bits per heavy atom. The zero-order valence-electron chi connectivity index (χ0n) is 13.1. The molecule has 0 saturated carbocycles. The second kappa shape index (κ2) is 7.09. The second-order valence-electron chi connectivity index (χ2n) is 5.37. The summed E-state index contributed by atoms with van der Waals surface area (Å²) in [5.41, 5.74) is 4.40. The summed E-state index contributed by atoms with van der Waals surface area (Å²) in [6.07, 6.45) is -0.678. The van der Waals surface area contributed by atoms with Crippen molar-refractivity contribution in [3.63, 3.8) is 0 Å². The van der Waals surface area contributed by atoms with E-state index in [-0.39, 0.29) is 6.61 Å². The molecule has 0 heterocycles. The van der Waals surface area contributed by atoms with E-state index in [9.17, 15) is 9.90 Å². The molecular weight excluding hydrogens is 278 g/mol.